The highest BCUT2D eigenvalue weighted by molar-refractivity contribution is 8.18. The summed E-state index contributed by atoms with van der Waals surface area (Å²) in [4.78, 5) is 32.9. The zero-order chi connectivity index (χ0) is 14.3. The molecule has 102 valence electrons. The maximum atomic E-state index is 12.2. The maximum Gasteiger partial charge on any atom is 0.293 e. The van der Waals surface area contributed by atoms with Gasteiger partial charge in [0, 0.05) is 29.4 Å². The van der Waals surface area contributed by atoms with Crippen LogP contribution >= 0.6 is 11.8 Å². The first-order valence-corrected chi connectivity index (χ1v) is 7.07. The van der Waals surface area contributed by atoms with E-state index in [1.165, 1.54) is 4.90 Å². The number of amides is 2. The Balaban J connectivity index is 2.01. The van der Waals surface area contributed by atoms with Crippen LogP contribution in [-0.4, -0.2) is 32.1 Å². The van der Waals surface area contributed by atoms with E-state index in [9.17, 15) is 9.59 Å². The van der Waals surface area contributed by atoms with Gasteiger partial charge in [-0.25, -0.2) is 0 Å². The number of imide groups is 1. The van der Waals surface area contributed by atoms with Crippen LogP contribution in [0.25, 0.3) is 17.0 Å². The van der Waals surface area contributed by atoms with Crippen LogP contribution in [0.15, 0.2) is 29.6 Å². The zero-order valence-corrected chi connectivity index (χ0v) is 11.9. The number of H-pyrrole nitrogens is 1. The summed E-state index contributed by atoms with van der Waals surface area (Å²) < 4.78 is 0. The summed E-state index contributed by atoms with van der Waals surface area (Å²) in [6, 6.07) is 1.75. The minimum atomic E-state index is -0.224. The Morgan fingerprint density at radius 2 is 2.20 bits per heavy atom. The van der Waals surface area contributed by atoms with E-state index in [0.717, 1.165) is 28.2 Å². The molecule has 0 aromatic carbocycles. The fraction of sp³-hybridized carbons (Fsp3) is 0.214. The van der Waals surface area contributed by atoms with Crippen LogP contribution < -0.4 is 0 Å². The van der Waals surface area contributed by atoms with Gasteiger partial charge in [0.05, 0.1) is 16.6 Å². The summed E-state index contributed by atoms with van der Waals surface area (Å²) in [6.45, 7) is 3.66. The lowest BCUT2D eigenvalue weighted by molar-refractivity contribution is -0.123. The molecule has 2 aromatic heterocycles. The largest absolute Gasteiger partial charge is 0.359 e. The normalized spacial score (nSPS) is 17.9. The molecule has 0 bridgehead atoms. The van der Waals surface area contributed by atoms with E-state index < -0.39 is 0 Å². The van der Waals surface area contributed by atoms with Crippen LogP contribution in [-0.2, 0) is 4.79 Å². The molecule has 2 aromatic rings. The highest BCUT2D eigenvalue weighted by Gasteiger charge is 2.36. The van der Waals surface area contributed by atoms with E-state index >= 15 is 0 Å². The summed E-state index contributed by atoms with van der Waals surface area (Å²) in [5.74, 6) is -0.224. The minimum Gasteiger partial charge on any atom is -0.359 e. The number of fused-ring (bicyclic) bond motifs is 1. The maximum absolute atomic E-state index is 12.2. The molecule has 0 saturated carbocycles. The Morgan fingerprint density at radius 1 is 1.40 bits per heavy atom. The van der Waals surface area contributed by atoms with Crippen molar-refractivity contribution in [1.82, 2.24) is 14.9 Å². The van der Waals surface area contributed by atoms with Gasteiger partial charge in [-0.3, -0.25) is 19.5 Å². The summed E-state index contributed by atoms with van der Waals surface area (Å²) in [6.07, 6.45) is 7.00. The van der Waals surface area contributed by atoms with E-state index in [2.05, 4.69) is 9.97 Å². The van der Waals surface area contributed by atoms with Crippen molar-refractivity contribution in [3.05, 3.63) is 35.1 Å². The Bertz CT molecular complexity index is 733. The summed E-state index contributed by atoms with van der Waals surface area (Å²) in [5.41, 5.74) is 1.79. The van der Waals surface area contributed by atoms with Crippen molar-refractivity contribution < 1.29 is 9.59 Å². The van der Waals surface area contributed by atoms with Gasteiger partial charge in [-0.05, 0) is 37.8 Å². The number of hydrogen-bond acceptors (Lipinski definition) is 4. The Hall–Kier alpha value is -2.08. The van der Waals surface area contributed by atoms with Gasteiger partial charge < -0.3 is 4.98 Å². The van der Waals surface area contributed by atoms with Crippen molar-refractivity contribution in [2.45, 2.75) is 19.9 Å². The third-order valence-corrected chi connectivity index (χ3v) is 4.03. The SMILES string of the molecule is CC(C)N1C(=O)S/C(=C\c2c[nH]c3cnccc23)C1=O. The molecule has 20 heavy (non-hydrogen) atoms. The number of aromatic amines is 1. The average Bonchev–Trinajstić information content (AvgIpc) is 2.93. The van der Waals surface area contributed by atoms with Gasteiger partial charge in [0.2, 0.25) is 0 Å². The van der Waals surface area contributed by atoms with Crippen molar-refractivity contribution in [1.29, 1.82) is 0 Å². The molecule has 1 fully saturated rings. The van der Waals surface area contributed by atoms with Crippen molar-refractivity contribution in [2.24, 2.45) is 0 Å². The van der Waals surface area contributed by atoms with Crippen molar-refractivity contribution in [3.63, 3.8) is 0 Å². The van der Waals surface area contributed by atoms with Crippen molar-refractivity contribution in [3.8, 4) is 0 Å². The fourth-order valence-corrected chi connectivity index (χ4v) is 3.13. The third kappa shape index (κ3) is 2.02. The van der Waals surface area contributed by atoms with Crippen LogP contribution in [0.2, 0.25) is 0 Å². The quantitative estimate of drug-likeness (QED) is 0.862. The average molecular weight is 287 g/mol. The van der Waals surface area contributed by atoms with E-state index in [1.54, 1.807) is 18.5 Å². The van der Waals surface area contributed by atoms with Gasteiger partial charge in [0.25, 0.3) is 11.1 Å². The lowest BCUT2D eigenvalue weighted by Crippen LogP contribution is -2.34. The molecule has 1 aliphatic heterocycles. The highest BCUT2D eigenvalue weighted by atomic mass is 32.2. The number of nitrogens with zero attached hydrogens (tertiary/aromatic N) is 2. The lowest BCUT2D eigenvalue weighted by atomic mass is 10.2. The van der Waals surface area contributed by atoms with Gasteiger partial charge in [-0.2, -0.15) is 0 Å². The molecular weight excluding hydrogens is 274 g/mol. The molecule has 3 rings (SSSR count). The lowest BCUT2D eigenvalue weighted by Gasteiger charge is -2.16. The number of carbonyl (C=O) groups excluding carboxylic acids is 2. The van der Waals surface area contributed by atoms with Crippen LogP contribution in [0.5, 0.6) is 0 Å². The van der Waals surface area contributed by atoms with E-state index in [4.69, 9.17) is 0 Å². The second-order valence-corrected chi connectivity index (χ2v) is 5.80. The van der Waals surface area contributed by atoms with Crippen molar-refractivity contribution >= 4 is 39.9 Å². The minimum absolute atomic E-state index is 0.124. The number of rotatable bonds is 2. The van der Waals surface area contributed by atoms with Crippen LogP contribution in [0, 0.1) is 0 Å². The number of hydrogen-bond donors (Lipinski definition) is 1. The molecule has 0 spiro atoms. The van der Waals surface area contributed by atoms with E-state index in [0.29, 0.717) is 4.91 Å². The fourth-order valence-electron chi connectivity index (χ4n) is 2.18. The zero-order valence-electron chi connectivity index (χ0n) is 11.1. The first-order valence-electron chi connectivity index (χ1n) is 6.26. The van der Waals surface area contributed by atoms with Crippen LogP contribution in [0.4, 0.5) is 4.79 Å². The molecule has 1 aliphatic rings. The number of nitrogens with one attached hydrogen (secondary N) is 1. The summed E-state index contributed by atoms with van der Waals surface area (Å²) in [5, 5.41) is 0.772. The molecule has 5 nitrogen and oxygen atoms in total. The molecule has 0 atom stereocenters. The summed E-state index contributed by atoms with van der Waals surface area (Å²) in [7, 11) is 0. The molecule has 6 heteroatoms. The number of thioether (sulfide) groups is 1. The molecule has 1 saturated heterocycles. The van der Waals surface area contributed by atoms with E-state index in [-0.39, 0.29) is 17.2 Å². The predicted molar refractivity (Wildman–Crippen MR) is 79.0 cm³/mol. The van der Waals surface area contributed by atoms with Gasteiger partial charge in [0.1, 0.15) is 0 Å². The standard InChI is InChI=1S/C14H13N3O2S/c1-8(2)17-13(18)12(20-14(17)19)5-9-6-16-11-7-15-4-3-10(9)11/h3-8,16H,1-2H3/b12-5-. The predicted octanol–water partition coefficient (Wildman–Crippen LogP) is 3.01. The molecular formula is C14H13N3O2S. The second-order valence-electron chi connectivity index (χ2n) is 4.81. The van der Waals surface area contributed by atoms with Crippen LogP contribution in [0.1, 0.15) is 19.4 Å². The van der Waals surface area contributed by atoms with Gasteiger partial charge in [-0.1, -0.05) is 0 Å². The van der Waals surface area contributed by atoms with E-state index in [1.807, 2.05) is 26.1 Å². The summed E-state index contributed by atoms with van der Waals surface area (Å²) >= 11 is 0.986. The third-order valence-electron chi connectivity index (χ3n) is 3.14. The van der Waals surface area contributed by atoms with Crippen molar-refractivity contribution in [2.75, 3.05) is 0 Å². The van der Waals surface area contributed by atoms with Gasteiger partial charge >= 0.3 is 0 Å². The number of pyridine rings is 1. The van der Waals surface area contributed by atoms with Crippen LogP contribution in [0.3, 0.4) is 0 Å². The number of aromatic nitrogens is 2. The first kappa shape index (κ1) is 12.9. The first-order chi connectivity index (χ1) is 9.58. The monoisotopic (exact) mass is 287 g/mol. The Morgan fingerprint density at radius 3 is 2.90 bits per heavy atom. The van der Waals surface area contributed by atoms with Gasteiger partial charge in [0.15, 0.2) is 0 Å². The molecule has 0 unspecified atom stereocenters. The Kier molecular flexibility index (Phi) is 3.10. The molecule has 2 amide bonds. The topological polar surface area (TPSA) is 66.1 Å². The molecule has 1 N–H and O–H groups in total. The molecule has 3 heterocycles. The number of carbonyl (C=O) groups is 2. The van der Waals surface area contributed by atoms with Gasteiger partial charge in [-0.15, -0.1) is 0 Å². The Labute approximate surface area is 120 Å². The second kappa shape index (κ2) is 4.79. The smallest absolute Gasteiger partial charge is 0.293 e. The highest BCUT2D eigenvalue weighted by Crippen LogP contribution is 2.34. The molecule has 0 aliphatic carbocycles. The molecule has 0 radical (unpaired) electrons.